The molecule has 2 nitrogen and oxygen atoms in total. The second-order valence-electron chi connectivity index (χ2n) is 4.72. The lowest BCUT2D eigenvalue weighted by atomic mass is 10.0. The molecule has 0 saturated carbocycles. The number of benzene rings is 2. The van der Waals surface area contributed by atoms with E-state index in [0.29, 0.717) is 13.0 Å². The Morgan fingerprint density at radius 3 is 2.35 bits per heavy atom. The number of hydrogen-bond donors (Lipinski definition) is 0. The predicted octanol–water partition coefficient (Wildman–Crippen LogP) is 4.29. The monoisotopic (exact) mass is 268 g/mol. The van der Waals surface area contributed by atoms with Crippen LogP contribution in [0.4, 0.5) is 0 Å². The number of ether oxygens (including phenoxy) is 1. The lowest BCUT2D eigenvalue weighted by molar-refractivity contribution is 0.0980. The summed E-state index contributed by atoms with van der Waals surface area (Å²) in [6, 6.07) is 17.7. The van der Waals surface area contributed by atoms with E-state index in [-0.39, 0.29) is 5.78 Å². The van der Waals surface area contributed by atoms with Gasteiger partial charge in [-0.2, -0.15) is 0 Å². The molecule has 2 rings (SSSR count). The number of carbonyl (C=O) groups is 1. The highest BCUT2D eigenvalue weighted by molar-refractivity contribution is 5.96. The molecule has 0 aliphatic heterocycles. The number of hydrogen-bond acceptors (Lipinski definition) is 2. The molecular weight excluding hydrogens is 248 g/mol. The van der Waals surface area contributed by atoms with Crippen molar-refractivity contribution in [3.05, 3.63) is 65.7 Å². The Morgan fingerprint density at radius 1 is 1.00 bits per heavy atom. The van der Waals surface area contributed by atoms with E-state index in [1.54, 1.807) is 0 Å². The molecule has 0 heterocycles. The summed E-state index contributed by atoms with van der Waals surface area (Å²) in [6.07, 6.45) is 2.42. The molecule has 0 aromatic heterocycles. The molecule has 0 saturated heterocycles. The molecule has 0 radical (unpaired) electrons. The first kappa shape index (κ1) is 14.3. The van der Waals surface area contributed by atoms with Gasteiger partial charge in [-0.15, -0.1) is 0 Å². The molecule has 0 bridgehead atoms. The zero-order chi connectivity index (χ0) is 14.2. The van der Waals surface area contributed by atoms with Gasteiger partial charge in [0.15, 0.2) is 5.78 Å². The molecule has 0 aliphatic rings. The Morgan fingerprint density at radius 2 is 1.70 bits per heavy atom. The van der Waals surface area contributed by atoms with Crippen molar-refractivity contribution in [2.24, 2.45) is 0 Å². The Kier molecular flexibility index (Phi) is 5.36. The van der Waals surface area contributed by atoms with Crippen molar-refractivity contribution in [1.29, 1.82) is 0 Å². The van der Waals surface area contributed by atoms with Gasteiger partial charge in [0.1, 0.15) is 5.75 Å². The summed E-state index contributed by atoms with van der Waals surface area (Å²) in [5, 5.41) is 0. The van der Waals surface area contributed by atoms with Crippen molar-refractivity contribution in [2.45, 2.75) is 26.2 Å². The van der Waals surface area contributed by atoms with Crippen LogP contribution >= 0.6 is 0 Å². The van der Waals surface area contributed by atoms with Gasteiger partial charge in [0.2, 0.25) is 0 Å². The fraction of sp³-hybridized carbons (Fsp3) is 0.278. The van der Waals surface area contributed by atoms with Crippen LogP contribution in [0, 0.1) is 0 Å². The van der Waals surface area contributed by atoms with E-state index in [1.807, 2.05) is 49.4 Å². The molecular formula is C18H20O2. The van der Waals surface area contributed by atoms with E-state index in [4.69, 9.17) is 4.74 Å². The van der Waals surface area contributed by atoms with Crippen LogP contribution in [0.3, 0.4) is 0 Å². The smallest absolute Gasteiger partial charge is 0.162 e. The van der Waals surface area contributed by atoms with Crippen LogP contribution in [0.2, 0.25) is 0 Å². The third kappa shape index (κ3) is 4.23. The fourth-order valence-corrected chi connectivity index (χ4v) is 2.15. The molecule has 20 heavy (non-hydrogen) atoms. The lowest BCUT2D eigenvalue weighted by Gasteiger charge is -2.05. The number of carbonyl (C=O) groups excluding carboxylic acids is 1. The maximum absolute atomic E-state index is 12.1. The van der Waals surface area contributed by atoms with Gasteiger partial charge < -0.3 is 4.74 Å². The predicted molar refractivity (Wildman–Crippen MR) is 81.3 cm³/mol. The maximum Gasteiger partial charge on any atom is 0.162 e. The molecule has 0 unspecified atom stereocenters. The zero-order valence-electron chi connectivity index (χ0n) is 11.8. The second kappa shape index (κ2) is 7.49. The zero-order valence-corrected chi connectivity index (χ0v) is 11.8. The van der Waals surface area contributed by atoms with Gasteiger partial charge in [-0.3, -0.25) is 4.79 Å². The van der Waals surface area contributed by atoms with Gasteiger partial charge in [-0.25, -0.2) is 0 Å². The first-order valence-corrected chi connectivity index (χ1v) is 7.09. The summed E-state index contributed by atoms with van der Waals surface area (Å²) in [5.74, 6) is 1.01. The summed E-state index contributed by atoms with van der Waals surface area (Å²) in [4.78, 5) is 12.1. The number of ketones is 1. The SMILES string of the molecule is CCOc1ccc(C(=O)CCCc2ccccc2)cc1. The Hall–Kier alpha value is -2.09. The highest BCUT2D eigenvalue weighted by Gasteiger charge is 2.06. The highest BCUT2D eigenvalue weighted by Crippen LogP contribution is 2.14. The van der Waals surface area contributed by atoms with Crippen molar-refractivity contribution >= 4 is 5.78 Å². The average Bonchev–Trinajstić information content (AvgIpc) is 2.49. The van der Waals surface area contributed by atoms with E-state index in [2.05, 4.69) is 12.1 Å². The number of aryl methyl sites for hydroxylation is 1. The topological polar surface area (TPSA) is 26.3 Å². The minimum absolute atomic E-state index is 0.198. The molecule has 0 spiro atoms. The van der Waals surface area contributed by atoms with Crippen LogP contribution in [0.5, 0.6) is 5.75 Å². The van der Waals surface area contributed by atoms with Gasteiger partial charge in [0.25, 0.3) is 0 Å². The summed E-state index contributed by atoms with van der Waals surface area (Å²) in [7, 11) is 0. The largest absolute Gasteiger partial charge is 0.494 e. The molecule has 2 heteroatoms. The molecule has 0 atom stereocenters. The van der Waals surface area contributed by atoms with Gasteiger partial charge in [0, 0.05) is 12.0 Å². The van der Waals surface area contributed by atoms with E-state index in [1.165, 1.54) is 5.56 Å². The Bertz CT molecular complexity index is 529. The van der Waals surface area contributed by atoms with E-state index in [9.17, 15) is 4.79 Å². The number of rotatable bonds is 7. The van der Waals surface area contributed by atoms with Crippen molar-refractivity contribution in [3.8, 4) is 5.75 Å². The minimum Gasteiger partial charge on any atom is -0.494 e. The first-order chi connectivity index (χ1) is 9.79. The first-order valence-electron chi connectivity index (χ1n) is 7.09. The summed E-state index contributed by atoms with van der Waals surface area (Å²) < 4.78 is 5.37. The van der Waals surface area contributed by atoms with Gasteiger partial charge in [0.05, 0.1) is 6.61 Å². The molecule has 0 aliphatic carbocycles. The fourth-order valence-electron chi connectivity index (χ4n) is 2.15. The highest BCUT2D eigenvalue weighted by atomic mass is 16.5. The Labute approximate surface area is 120 Å². The van der Waals surface area contributed by atoms with E-state index >= 15 is 0 Å². The normalized spacial score (nSPS) is 10.2. The Balaban J connectivity index is 1.82. The standard InChI is InChI=1S/C18H20O2/c1-2-20-17-13-11-16(12-14-17)18(19)10-6-9-15-7-4-3-5-8-15/h3-5,7-8,11-14H,2,6,9-10H2,1H3. The summed E-state index contributed by atoms with van der Waals surface area (Å²) >= 11 is 0. The summed E-state index contributed by atoms with van der Waals surface area (Å²) in [6.45, 7) is 2.59. The molecule has 2 aromatic carbocycles. The maximum atomic E-state index is 12.1. The van der Waals surface area contributed by atoms with Crippen molar-refractivity contribution < 1.29 is 9.53 Å². The van der Waals surface area contributed by atoms with Gasteiger partial charge >= 0.3 is 0 Å². The molecule has 0 fully saturated rings. The third-order valence-electron chi connectivity index (χ3n) is 3.20. The number of Topliss-reactive ketones (excluding diaryl/α,β-unsaturated/α-hetero) is 1. The van der Waals surface area contributed by atoms with Crippen molar-refractivity contribution in [2.75, 3.05) is 6.61 Å². The van der Waals surface area contributed by atoms with Crippen molar-refractivity contribution in [3.63, 3.8) is 0 Å². The van der Waals surface area contributed by atoms with Crippen LogP contribution in [0.15, 0.2) is 54.6 Å². The van der Waals surface area contributed by atoms with Crippen LogP contribution < -0.4 is 4.74 Å². The average molecular weight is 268 g/mol. The van der Waals surface area contributed by atoms with Crippen LogP contribution in [0.25, 0.3) is 0 Å². The third-order valence-corrected chi connectivity index (χ3v) is 3.20. The second-order valence-corrected chi connectivity index (χ2v) is 4.72. The van der Waals surface area contributed by atoms with E-state index < -0.39 is 0 Å². The van der Waals surface area contributed by atoms with Gasteiger partial charge in [-0.05, 0) is 49.6 Å². The lowest BCUT2D eigenvalue weighted by Crippen LogP contribution is -2.00. The quantitative estimate of drug-likeness (QED) is 0.700. The van der Waals surface area contributed by atoms with Crippen molar-refractivity contribution in [1.82, 2.24) is 0 Å². The van der Waals surface area contributed by atoms with E-state index in [0.717, 1.165) is 24.2 Å². The molecule has 0 amide bonds. The molecule has 104 valence electrons. The molecule has 0 N–H and O–H groups in total. The summed E-state index contributed by atoms with van der Waals surface area (Å²) in [5.41, 5.74) is 2.05. The van der Waals surface area contributed by atoms with Crippen LogP contribution in [-0.2, 0) is 6.42 Å². The molecule has 2 aromatic rings. The van der Waals surface area contributed by atoms with Gasteiger partial charge in [-0.1, -0.05) is 30.3 Å². The van der Waals surface area contributed by atoms with Crippen LogP contribution in [0.1, 0.15) is 35.7 Å². The minimum atomic E-state index is 0.198. The van der Waals surface area contributed by atoms with Crippen LogP contribution in [-0.4, -0.2) is 12.4 Å².